The van der Waals surface area contributed by atoms with Crippen molar-refractivity contribution in [2.75, 3.05) is 38.0 Å². The highest BCUT2D eigenvalue weighted by atomic mass is 35.5. The predicted octanol–water partition coefficient (Wildman–Crippen LogP) is 4.38. The zero-order valence-corrected chi connectivity index (χ0v) is 19.8. The number of fused-ring (bicyclic) bond motifs is 1. The van der Waals surface area contributed by atoms with Gasteiger partial charge < -0.3 is 20.2 Å². The molecule has 4 rings (SSSR count). The third-order valence-electron chi connectivity index (χ3n) is 6.00. The van der Waals surface area contributed by atoms with Crippen molar-refractivity contribution in [3.05, 3.63) is 65.3 Å². The topological polar surface area (TPSA) is 71.7 Å². The molecule has 0 radical (unpaired) electrons. The highest BCUT2D eigenvalue weighted by molar-refractivity contribution is 6.30. The minimum absolute atomic E-state index is 0.167. The Morgan fingerprint density at radius 1 is 1.15 bits per heavy atom. The number of anilines is 2. The number of halogens is 1. The summed E-state index contributed by atoms with van der Waals surface area (Å²) in [6, 6.07) is 12.7. The summed E-state index contributed by atoms with van der Waals surface area (Å²) in [6.45, 7) is 0.554. The Balaban J connectivity index is 1.48. The van der Waals surface area contributed by atoms with Crippen molar-refractivity contribution in [3.63, 3.8) is 0 Å². The molecule has 1 atom stereocenters. The van der Waals surface area contributed by atoms with Gasteiger partial charge >= 0.3 is 0 Å². The lowest BCUT2D eigenvalue weighted by Gasteiger charge is -2.28. The van der Waals surface area contributed by atoms with Gasteiger partial charge in [-0.2, -0.15) is 0 Å². The molecular weight excluding hydrogens is 438 g/mol. The predicted molar refractivity (Wildman–Crippen MR) is 134 cm³/mol. The molecule has 172 valence electrons. The highest BCUT2D eigenvalue weighted by Gasteiger charge is 2.33. The maximum absolute atomic E-state index is 13.0. The van der Waals surface area contributed by atoms with Gasteiger partial charge in [0.1, 0.15) is 6.04 Å². The van der Waals surface area contributed by atoms with E-state index in [2.05, 4.69) is 10.3 Å². The number of aromatic nitrogens is 1. The van der Waals surface area contributed by atoms with Gasteiger partial charge in [0.15, 0.2) is 0 Å². The summed E-state index contributed by atoms with van der Waals surface area (Å²) in [7, 11) is 5.82. The van der Waals surface area contributed by atoms with Crippen molar-refractivity contribution < 1.29 is 9.59 Å². The largest absolute Gasteiger partial charge is 0.361 e. The number of H-pyrrole nitrogens is 1. The fourth-order valence-electron chi connectivity index (χ4n) is 4.09. The lowest BCUT2D eigenvalue weighted by Crippen LogP contribution is -2.42. The van der Waals surface area contributed by atoms with Crippen molar-refractivity contribution in [2.45, 2.75) is 18.9 Å². The van der Waals surface area contributed by atoms with Crippen LogP contribution >= 0.6 is 11.6 Å². The quantitative estimate of drug-likeness (QED) is 0.418. The van der Waals surface area contributed by atoms with E-state index in [1.807, 2.05) is 79.8 Å². The zero-order chi connectivity index (χ0) is 23.5. The summed E-state index contributed by atoms with van der Waals surface area (Å²) >= 11 is 6.20. The van der Waals surface area contributed by atoms with Crippen LogP contribution in [0.15, 0.2) is 54.7 Å². The molecule has 2 aromatic carbocycles. The molecule has 0 bridgehead atoms. The number of rotatable bonds is 6. The molecule has 0 aliphatic carbocycles. The van der Waals surface area contributed by atoms with Gasteiger partial charge in [-0.05, 0) is 61.4 Å². The first-order chi connectivity index (χ1) is 15.8. The number of carbonyl (C=O) groups excluding carboxylic acids is 2. The van der Waals surface area contributed by atoms with Crippen LogP contribution in [0.25, 0.3) is 17.0 Å². The van der Waals surface area contributed by atoms with Gasteiger partial charge in [-0.1, -0.05) is 11.6 Å². The summed E-state index contributed by atoms with van der Waals surface area (Å²) in [5, 5.41) is 8.49. The number of hydrogen-bond donors (Lipinski definition) is 2. The van der Waals surface area contributed by atoms with E-state index in [0.29, 0.717) is 18.0 Å². The van der Waals surface area contributed by atoms with Crippen molar-refractivity contribution in [1.82, 2.24) is 14.9 Å². The highest BCUT2D eigenvalue weighted by Crippen LogP contribution is 2.26. The first-order valence-corrected chi connectivity index (χ1v) is 11.3. The summed E-state index contributed by atoms with van der Waals surface area (Å²) in [4.78, 5) is 30.8. The van der Waals surface area contributed by atoms with E-state index in [4.69, 9.17) is 11.6 Å². The van der Waals surface area contributed by atoms with Gasteiger partial charge in [0.05, 0.1) is 5.69 Å². The van der Waals surface area contributed by atoms with Crippen LogP contribution < -0.4 is 10.3 Å². The molecule has 0 spiro atoms. The maximum atomic E-state index is 13.0. The van der Waals surface area contributed by atoms with Crippen LogP contribution in [0.3, 0.4) is 0 Å². The zero-order valence-electron chi connectivity index (χ0n) is 19.0. The second kappa shape index (κ2) is 9.68. The number of amides is 2. The van der Waals surface area contributed by atoms with Crippen LogP contribution in [-0.2, 0) is 9.59 Å². The van der Waals surface area contributed by atoms with Crippen LogP contribution in [0.1, 0.15) is 18.4 Å². The SMILES string of the molecule is CN(C)N(C)c1ccc(Cl)cc1/C=C/C(=O)N1CCC[C@H]1C(=O)Nc1ccc2[nH]ccc2c1. The number of nitrogens with one attached hydrogen (secondary N) is 2. The molecule has 1 fully saturated rings. The average molecular weight is 466 g/mol. The van der Waals surface area contributed by atoms with Crippen LogP contribution in [0.4, 0.5) is 11.4 Å². The third kappa shape index (κ3) is 5.05. The number of hydrazine groups is 1. The van der Waals surface area contributed by atoms with E-state index in [0.717, 1.165) is 34.3 Å². The molecule has 1 aromatic heterocycles. The first-order valence-electron chi connectivity index (χ1n) is 10.9. The lowest BCUT2D eigenvalue weighted by molar-refractivity contribution is -0.132. The van der Waals surface area contributed by atoms with E-state index < -0.39 is 6.04 Å². The fraction of sp³-hybridized carbons (Fsp3) is 0.280. The smallest absolute Gasteiger partial charge is 0.247 e. The van der Waals surface area contributed by atoms with Crippen LogP contribution in [0, 0.1) is 0 Å². The number of hydrogen-bond acceptors (Lipinski definition) is 4. The van der Waals surface area contributed by atoms with Gasteiger partial charge in [-0.15, -0.1) is 0 Å². The molecule has 1 saturated heterocycles. The van der Waals surface area contributed by atoms with Gasteiger partial charge in [0, 0.05) is 67.1 Å². The Hall–Kier alpha value is -3.29. The van der Waals surface area contributed by atoms with Crippen LogP contribution in [0.2, 0.25) is 5.02 Å². The van der Waals surface area contributed by atoms with Gasteiger partial charge in [-0.3, -0.25) is 9.59 Å². The molecule has 2 amide bonds. The lowest BCUT2D eigenvalue weighted by atomic mass is 10.1. The minimum Gasteiger partial charge on any atom is -0.361 e. The molecule has 0 unspecified atom stereocenters. The molecule has 2 N–H and O–H groups in total. The standard InChI is InChI=1S/C25H28ClN5O2/c1-29(2)30(3)22-10-7-19(26)15-18(22)6-11-24(32)31-14-4-5-23(31)25(33)28-20-8-9-21-17(16-20)12-13-27-21/h6-13,15-16,23,27H,4-5,14H2,1-3H3,(H,28,33)/b11-6+/t23-/m0/s1. The number of benzene rings is 2. The Labute approximate surface area is 198 Å². The fourth-order valence-corrected chi connectivity index (χ4v) is 4.27. The van der Waals surface area contributed by atoms with E-state index in [1.54, 1.807) is 11.0 Å². The van der Waals surface area contributed by atoms with Gasteiger partial charge in [0.2, 0.25) is 11.8 Å². The first kappa shape index (κ1) is 22.9. The molecule has 3 aromatic rings. The monoisotopic (exact) mass is 465 g/mol. The van der Waals surface area contributed by atoms with Crippen LogP contribution in [-0.4, -0.2) is 60.4 Å². The number of aromatic amines is 1. The summed E-state index contributed by atoms with van der Waals surface area (Å²) in [6.07, 6.45) is 6.58. The molecule has 8 heteroatoms. The van der Waals surface area contributed by atoms with Crippen molar-refractivity contribution in [2.24, 2.45) is 0 Å². The van der Waals surface area contributed by atoms with E-state index in [-0.39, 0.29) is 11.8 Å². The Kier molecular flexibility index (Phi) is 6.72. The molecule has 1 aliphatic heterocycles. The minimum atomic E-state index is -0.493. The van der Waals surface area contributed by atoms with E-state index in [1.165, 1.54) is 6.08 Å². The molecule has 2 heterocycles. The summed E-state index contributed by atoms with van der Waals surface area (Å²) in [5.41, 5.74) is 3.48. The number of carbonyl (C=O) groups is 2. The molecule has 1 aliphatic rings. The molecule has 0 saturated carbocycles. The summed E-state index contributed by atoms with van der Waals surface area (Å²) < 4.78 is 0. The second-order valence-electron chi connectivity index (χ2n) is 8.37. The Morgan fingerprint density at radius 2 is 1.97 bits per heavy atom. The normalized spacial score (nSPS) is 16.2. The molecular formula is C25H28ClN5O2. The maximum Gasteiger partial charge on any atom is 0.247 e. The summed E-state index contributed by atoms with van der Waals surface area (Å²) in [5.74, 6) is -0.355. The van der Waals surface area contributed by atoms with E-state index >= 15 is 0 Å². The number of likely N-dealkylation sites (tertiary alicyclic amines) is 1. The number of nitrogens with zero attached hydrogens (tertiary/aromatic N) is 3. The average Bonchev–Trinajstić information content (AvgIpc) is 3.46. The van der Waals surface area contributed by atoms with E-state index in [9.17, 15) is 9.59 Å². The third-order valence-corrected chi connectivity index (χ3v) is 6.24. The Bertz CT molecular complexity index is 1200. The van der Waals surface area contributed by atoms with Crippen molar-refractivity contribution in [1.29, 1.82) is 0 Å². The van der Waals surface area contributed by atoms with Gasteiger partial charge in [0.25, 0.3) is 0 Å². The second-order valence-corrected chi connectivity index (χ2v) is 8.80. The Morgan fingerprint density at radius 3 is 2.76 bits per heavy atom. The van der Waals surface area contributed by atoms with Crippen molar-refractivity contribution in [3.8, 4) is 0 Å². The van der Waals surface area contributed by atoms with Crippen LogP contribution in [0.5, 0.6) is 0 Å². The van der Waals surface area contributed by atoms with Gasteiger partial charge in [-0.25, -0.2) is 5.01 Å². The molecule has 7 nitrogen and oxygen atoms in total. The van der Waals surface area contributed by atoms with Crippen molar-refractivity contribution >= 4 is 51.8 Å². The molecule has 33 heavy (non-hydrogen) atoms.